The molecule has 7 heteroatoms. The maximum absolute atomic E-state index is 11.7. The van der Waals surface area contributed by atoms with E-state index in [1.165, 1.54) is 12.3 Å². The van der Waals surface area contributed by atoms with Crippen molar-refractivity contribution in [1.29, 1.82) is 0 Å². The van der Waals surface area contributed by atoms with Crippen LogP contribution < -0.4 is 10.5 Å². The molecule has 1 N–H and O–H groups in total. The van der Waals surface area contributed by atoms with E-state index in [0.717, 1.165) is 24.2 Å². The Balaban J connectivity index is 2.14. The molecule has 1 unspecified atom stereocenters. The Morgan fingerprint density at radius 2 is 2.44 bits per heavy atom. The monoisotopic (exact) mass is 253 g/mol. The minimum Gasteiger partial charge on any atom is -0.480 e. The van der Waals surface area contributed by atoms with Gasteiger partial charge in [0.25, 0.3) is 5.56 Å². The van der Waals surface area contributed by atoms with Crippen molar-refractivity contribution in [3.05, 3.63) is 22.6 Å². The summed E-state index contributed by atoms with van der Waals surface area (Å²) in [7, 11) is 1.66. The zero-order chi connectivity index (χ0) is 13.1. The van der Waals surface area contributed by atoms with Crippen LogP contribution in [0.15, 0.2) is 17.1 Å². The molecule has 1 saturated heterocycles. The van der Waals surface area contributed by atoms with Crippen molar-refractivity contribution in [1.82, 2.24) is 9.78 Å². The van der Waals surface area contributed by atoms with Crippen molar-refractivity contribution in [2.45, 2.75) is 19.1 Å². The summed E-state index contributed by atoms with van der Waals surface area (Å²) in [5.41, 5.74) is 0.303. The van der Waals surface area contributed by atoms with Gasteiger partial charge in [-0.3, -0.25) is 9.59 Å². The highest BCUT2D eigenvalue weighted by molar-refractivity contribution is 5.66. The number of aliphatic carboxylic acids is 1. The summed E-state index contributed by atoms with van der Waals surface area (Å²) in [5, 5.41) is 12.5. The second-order valence-electron chi connectivity index (χ2n) is 4.20. The predicted molar refractivity (Wildman–Crippen MR) is 63.8 cm³/mol. The Bertz CT molecular complexity index is 499. The maximum Gasteiger partial charge on any atom is 0.325 e. The number of hydrogen-bond donors (Lipinski definition) is 1. The topological polar surface area (TPSA) is 84.7 Å². The normalized spacial score (nSPS) is 19.2. The van der Waals surface area contributed by atoms with Gasteiger partial charge >= 0.3 is 5.97 Å². The Morgan fingerprint density at radius 3 is 3.00 bits per heavy atom. The van der Waals surface area contributed by atoms with Crippen LogP contribution in [0.5, 0.6) is 0 Å². The molecule has 0 aliphatic carbocycles. The lowest BCUT2D eigenvalue weighted by molar-refractivity contribution is -0.138. The highest BCUT2D eigenvalue weighted by Crippen LogP contribution is 2.18. The van der Waals surface area contributed by atoms with Gasteiger partial charge in [-0.15, -0.1) is 0 Å². The third kappa shape index (κ3) is 2.67. The number of carbonyl (C=O) groups is 1. The van der Waals surface area contributed by atoms with Crippen molar-refractivity contribution in [3.63, 3.8) is 0 Å². The molecule has 7 nitrogen and oxygen atoms in total. The molecule has 0 saturated carbocycles. The van der Waals surface area contributed by atoms with Gasteiger partial charge in [-0.25, -0.2) is 4.68 Å². The molecule has 0 radical (unpaired) electrons. The van der Waals surface area contributed by atoms with Crippen LogP contribution in [0.1, 0.15) is 6.42 Å². The summed E-state index contributed by atoms with van der Waals surface area (Å²) >= 11 is 0. The van der Waals surface area contributed by atoms with Crippen LogP contribution in [0.3, 0.4) is 0 Å². The van der Waals surface area contributed by atoms with Crippen molar-refractivity contribution in [2.75, 3.05) is 25.1 Å². The molecule has 0 spiro atoms. The first kappa shape index (κ1) is 12.6. The van der Waals surface area contributed by atoms with Gasteiger partial charge < -0.3 is 14.7 Å². The summed E-state index contributed by atoms with van der Waals surface area (Å²) in [5.74, 6) is -1.09. The minimum atomic E-state index is -1.09. The Kier molecular flexibility index (Phi) is 3.61. The summed E-state index contributed by atoms with van der Waals surface area (Å²) in [6.45, 7) is 1.11. The fraction of sp³-hybridized carbons (Fsp3) is 0.545. The van der Waals surface area contributed by atoms with E-state index in [1.807, 2.05) is 4.90 Å². The van der Waals surface area contributed by atoms with Crippen molar-refractivity contribution in [2.24, 2.45) is 0 Å². The van der Waals surface area contributed by atoms with Crippen LogP contribution in [0.2, 0.25) is 0 Å². The van der Waals surface area contributed by atoms with Crippen LogP contribution in [0.4, 0.5) is 5.69 Å². The third-order valence-corrected chi connectivity index (χ3v) is 2.98. The molecule has 1 aliphatic rings. The number of nitrogens with zero attached hydrogens (tertiary/aromatic N) is 3. The van der Waals surface area contributed by atoms with Crippen molar-refractivity contribution >= 4 is 11.7 Å². The van der Waals surface area contributed by atoms with Crippen molar-refractivity contribution in [3.8, 4) is 0 Å². The van der Waals surface area contributed by atoms with Gasteiger partial charge in [-0.05, 0) is 6.42 Å². The SMILES string of the molecule is COC1CCN(c2cnn(CC(=O)O)c(=O)c2)C1. The van der Waals surface area contributed by atoms with E-state index in [4.69, 9.17) is 9.84 Å². The zero-order valence-electron chi connectivity index (χ0n) is 10.1. The second-order valence-corrected chi connectivity index (χ2v) is 4.20. The molecule has 1 aromatic rings. The molecule has 0 bridgehead atoms. The first-order valence-corrected chi connectivity index (χ1v) is 5.67. The third-order valence-electron chi connectivity index (χ3n) is 2.98. The van der Waals surface area contributed by atoms with Gasteiger partial charge in [0.15, 0.2) is 0 Å². The molecular formula is C11H15N3O4. The first-order valence-electron chi connectivity index (χ1n) is 5.67. The van der Waals surface area contributed by atoms with Gasteiger partial charge in [-0.2, -0.15) is 5.10 Å². The fourth-order valence-electron chi connectivity index (χ4n) is 2.00. The smallest absolute Gasteiger partial charge is 0.325 e. The number of anilines is 1. The molecular weight excluding hydrogens is 238 g/mol. The second kappa shape index (κ2) is 5.18. The largest absolute Gasteiger partial charge is 0.480 e. The maximum atomic E-state index is 11.7. The summed E-state index contributed by atoms with van der Waals surface area (Å²) in [4.78, 5) is 24.2. The van der Waals surface area contributed by atoms with E-state index in [2.05, 4.69) is 5.10 Å². The van der Waals surface area contributed by atoms with Crippen LogP contribution in [0, 0.1) is 0 Å². The Hall–Kier alpha value is -1.89. The van der Waals surface area contributed by atoms with Crippen LogP contribution in [-0.2, 0) is 16.1 Å². The first-order chi connectivity index (χ1) is 8.60. The zero-order valence-corrected chi connectivity index (χ0v) is 10.1. The average molecular weight is 253 g/mol. The van der Waals surface area contributed by atoms with Crippen LogP contribution >= 0.6 is 0 Å². The molecule has 0 amide bonds. The number of hydrogen-bond acceptors (Lipinski definition) is 5. The number of aromatic nitrogens is 2. The lowest BCUT2D eigenvalue weighted by atomic mass is 10.3. The van der Waals surface area contributed by atoms with Gasteiger partial charge in [0.2, 0.25) is 0 Å². The van der Waals surface area contributed by atoms with E-state index in [-0.39, 0.29) is 6.10 Å². The predicted octanol–water partition coefficient (Wildman–Crippen LogP) is -0.447. The molecule has 1 aromatic heterocycles. The average Bonchev–Trinajstić information content (AvgIpc) is 2.80. The number of ether oxygens (including phenoxy) is 1. The molecule has 1 aliphatic heterocycles. The van der Waals surface area contributed by atoms with Crippen LogP contribution in [0.25, 0.3) is 0 Å². The molecule has 98 valence electrons. The lowest BCUT2D eigenvalue weighted by Crippen LogP contribution is -2.29. The minimum absolute atomic E-state index is 0.173. The van der Waals surface area contributed by atoms with Gasteiger partial charge in [0.05, 0.1) is 18.0 Å². The highest BCUT2D eigenvalue weighted by atomic mass is 16.5. The van der Waals surface area contributed by atoms with Gasteiger partial charge in [0.1, 0.15) is 6.54 Å². The number of carboxylic acids is 1. The molecule has 1 fully saturated rings. The highest BCUT2D eigenvalue weighted by Gasteiger charge is 2.22. The van der Waals surface area contributed by atoms with Gasteiger partial charge in [0, 0.05) is 26.3 Å². The summed E-state index contributed by atoms with van der Waals surface area (Å²) < 4.78 is 6.17. The quantitative estimate of drug-likeness (QED) is 0.782. The van der Waals surface area contributed by atoms with E-state index >= 15 is 0 Å². The number of methoxy groups -OCH3 is 1. The summed E-state index contributed by atoms with van der Waals surface area (Å²) in [6.07, 6.45) is 2.60. The fourth-order valence-corrected chi connectivity index (χ4v) is 2.00. The molecule has 1 atom stereocenters. The van der Waals surface area contributed by atoms with Gasteiger partial charge in [-0.1, -0.05) is 0 Å². The van der Waals surface area contributed by atoms with E-state index in [1.54, 1.807) is 7.11 Å². The standard InChI is InChI=1S/C11H15N3O4/c1-18-9-2-3-13(6-9)8-4-10(15)14(12-5-8)7-11(16)17/h4-5,9H,2-3,6-7H2,1H3,(H,16,17). The van der Waals surface area contributed by atoms with E-state index in [9.17, 15) is 9.59 Å². The van der Waals surface area contributed by atoms with Crippen molar-refractivity contribution < 1.29 is 14.6 Å². The van der Waals surface area contributed by atoms with E-state index < -0.39 is 18.1 Å². The Morgan fingerprint density at radius 1 is 1.67 bits per heavy atom. The van der Waals surface area contributed by atoms with E-state index in [0.29, 0.717) is 5.69 Å². The molecule has 2 rings (SSSR count). The molecule has 2 heterocycles. The lowest BCUT2D eigenvalue weighted by Gasteiger charge is -2.17. The molecule has 18 heavy (non-hydrogen) atoms. The number of rotatable bonds is 4. The molecule has 0 aromatic carbocycles. The van der Waals surface area contributed by atoms with Crippen LogP contribution in [-0.4, -0.2) is 47.2 Å². The number of carboxylic acid groups (broad SMARTS) is 1. The Labute approximate surface area is 104 Å². The summed E-state index contributed by atoms with van der Waals surface area (Å²) in [6, 6.07) is 1.41.